The molecule has 0 atom stereocenters. The van der Waals surface area contributed by atoms with E-state index in [0.29, 0.717) is 0 Å². The zero-order valence-corrected chi connectivity index (χ0v) is 10.6. The number of thiophene rings is 1. The van der Waals surface area contributed by atoms with E-state index in [0.717, 1.165) is 15.3 Å². The Hall–Kier alpha value is -0.330. The molecule has 1 N–H and O–H groups in total. The van der Waals surface area contributed by atoms with Crippen LogP contribution in [0.4, 0.5) is 0 Å². The summed E-state index contributed by atoms with van der Waals surface area (Å²) in [6, 6.07) is 5.99. The Morgan fingerprint density at radius 3 is 2.93 bits per heavy atom. The number of benzene rings is 1. The summed E-state index contributed by atoms with van der Waals surface area (Å²) in [4.78, 5) is 0. The number of ether oxygens (including phenoxy) is 1. The Kier molecular flexibility index (Phi) is 2.94. The second kappa shape index (κ2) is 4.04. The maximum Gasteiger partial charge on any atom is 0.174 e. The predicted molar refractivity (Wildman–Crippen MR) is 67.0 cm³/mol. The Balaban J connectivity index is 2.74. The minimum absolute atomic E-state index is 0.0804. The van der Waals surface area contributed by atoms with Crippen LogP contribution < -0.4 is 4.74 Å². The van der Waals surface area contributed by atoms with Crippen molar-refractivity contribution in [2.45, 2.75) is 6.61 Å². The van der Waals surface area contributed by atoms with Crippen molar-refractivity contribution in [2.75, 3.05) is 7.11 Å². The van der Waals surface area contributed by atoms with Crippen LogP contribution in [-0.2, 0) is 6.61 Å². The van der Waals surface area contributed by atoms with Crippen LogP contribution in [0.1, 0.15) is 5.56 Å². The second-order valence-electron chi connectivity index (χ2n) is 2.88. The maximum absolute atomic E-state index is 9.17. The summed E-state index contributed by atoms with van der Waals surface area (Å²) >= 11 is 3.87. The fourth-order valence-electron chi connectivity index (χ4n) is 1.35. The van der Waals surface area contributed by atoms with Gasteiger partial charge in [-0.25, -0.2) is 0 Å². The van der Waals surface area contributed by atoms with E-state index in [4.69, 9.17) is 4.74 Å². The van der Waals surface area contributed by atoms with Gasteiger partial charge in [-0.15, -0.1) is 0 Å². The molecule has 14 heavy (non-hydrogen) atoms. The number of aliphatic hydroxyl groups is 1. The molecule has 0 radical (unpaired) electrons. The van der Waals surface area contributed by atoms with Gasteiger partial charge in [-0.3, -0.25) is 0 Å². The smallest absolute Gasteiger partial charge is 0.174 e. The molecule has 0 aliphatic carbocycles. The average molecular weight is 320 g/mol. The van der Waals surface area contributed by atoms with Gasteiger partial charge in [-0.2, -0.15) is 0 Å². The predicted octanol–water partition coefficient (Wildman–Crippen LogP) is 3.01. The minimum Gasteiger partial charge on any atom is -0.487 e. The van der Waals surface area contributed by atoms with E-state index in [2.05, 4.69) is 22.6 Å². The number of halogens is 1. The van der Waals surface area contributed by atoms with Crippen LogP contribution in [0.2, 0.25) is 0 Å². The Morgan fingerprint density at radius 2 is 2.29 bits per heavy atom. The molecule has 0 unspecified atom stereocenters. The van der Waals surface area contributed by atoms with Gasteiger partial charge >= 0.3 is 0 Å². The van der Waals surface area contributed by atoms with E-state index >= 15 is 0 Å². The number of hydrogen-bond donors (Lipinski definition) is 1. The SMILES string of the molecule is COc1cc2c(I)ccc(CO)c2s1. The van der Waals surface area contributed by atoms with Crippen molar-refractivity contribution in [1.82, 2.24) is 0 Å². The van der Waals surface area contributed by atoms with E-state index in [-0.39, 0.29) is 6.61 Å². The van der Waals surface area contributed by atoms with E-state index in [1.807, 2.05) is 18.2 Å². The van der Waals surface area contributed by atoms with Gasteiger partial charge in [0.2, 0.25) is 0 Å². The first kappa shape index (κ1) is 10.2. The molecule has 0 saturated heterocycles. The standard InChI is InChI=1S/C10H9IO2S/c1-13-9-4-7-8(11)3-2-6(5-12)10(7)14-9/h2-4,12H,5H2,1H3. The summed E-state index contributed by atoms with van der Waals surface area (Å²) in [6.07, 6.45) is 0. The molecule has 1 aromatic carbocycles. The molecular weight excluding hydrogens is 311 g/mol. The molecular formula is C10H9IO2S. The lowest BCUT2D eigenvalue weighted by Gasteiger charge is -1.99. The molecule has 2 rings (SSSR count). The third kappa shape index (κ3) is 1.62. The quantitative estimate of drug-likeness (QED) is 0.862. The molecule has 74 valence electrons. The average Bonchev–Trinajstić information content (AvgIpc) is 2.63. The lowest BCUT2D eigenvalue weighted by atomic mass is 10.2. The van der Waals surface area contributed by atoms with Crippen molar-refractivity contribution in [3.05, 3.63) is 27.3 Å². The first-order valence-corrected chi connectivity index (χ1v) is 6.01. The van der Waals surface area contributed by atoms with E-state index in [1.54, 1.807) is 18.4 Å². The molecule has 0 saturated carbocycles. The number of methoxy groups -OCH3 is 1. The van der Waals surface area contributed by atoms with Crippen LogP contribution in [0.25, 0.3) is 10.1 Å². The molecule has 0 spiro atoms. The van der Waals surface area contributed by atoms with Crippen molar-refractivity contribution in [3.8, 4) is 5.06 Å². The van der Waals surface area contributed by atoms with Crippen LogP contribution >= 0.6 is 33.9 Å². The fourth-order valence-corrected chi connectivity index (χ4v) is 3.14. The van der Waals surface area contributed by atoms with Crippen molar-refractivity contribution >= 4 is 44.0 Å². The highest BCUT2D eigenvalue weighted by Gasteiger charge is 2.08. The van der Waals surface area contributed by atoms with E-state index in [1.165, 1.54) is 8.96 Å². The van der Waals surface area contributed by atoms with Crippen molar-refractivity contribution in [1.29, 1.82) is 0 Å². The number of rotatable bonds is 2. The molecule has 1 heterocycles. The molecule has 0 bridgehead atoms. The Bertz CT molecular complexity index is 464. The highest BCUT2D eigenvalue weighted by atomic mass is 127. The lowest BCUT2D eigenvalue weighted by Crippen LogP contribution is -1.83. The largest absolute Gasteiger partial charge is 0.487 e. The Labute approximate surface area is 99.7 Å². The highest BCUT2D eigenvalue weighted by molar-refractivity contribution is 14.1. The van der Waals surface area contributed by atoms with Crippen LogP contribution in [0.5, 0.6) is 5.06 Å². The van der Waals surface area contributed by atoms with Gasteiger partial charge in [-0.1, -0.05) is 17.4 Å². The number of hydrogen-bond acceptors (Lipinski definition) is 3. The van der Waals surface area contributed by atoms with Gasteiger partial charge < -0.3 is 9.84 Å². The molecule has 1 aromatic heterocycles. The molecule has 2 aromatic rings. The third-order valence-electron chi connectivity index (χ3n) is 2.06. The van der Waals surface area contributed by atoms with Gasteiger partial charge in [-0.05, 0) is 34.2 Å². The molecule has 4 heteroatoms. The highest BCUT2D eigenvalue weighted by Crippen LogP contribution is 2.36. The van der Waals surface area contributed by atoms with Crippen LogP contribution in [-0.4, -0.2) is 12.2 Å². The summed E-state index contributed by atoms with van der Waals surface area (Å²) in [7, 11) is 1.66. The molecule has 2 nitrogen and oxygen atoms in total. The molecule has 0 aliphatic heterocycles. The normalized spacial score (nSPS) is 10.8. The van der Waals surface area contributed by atoms with E-state index in [9.17, 15) is 5.11 Å². The van der Waals surface area contributed by atoms with Crippen LogP contribution in [0, 0.1) is 3.57 Å². The summed E-state index contributed by atoms with van der Waals surface area (Å²) in [6.45, 7) is 0.0804. The summed E-state index contributed by atoms with van der Waals surface area (Å²) in [5.74, 6) is 0. The third-order valence-corrected chi connectivity index (χ3v) is 4.17. The first-order chi connectivity index (χ1) is 6.76. The summed E-state index contributed by atoms with van der Waals surface area (Å²) in [5, 5.41) is 11.2. The maximum atomic E-state index is 9.17. The van der Waals surface area contributed by atoms with Gasteiger partial charge in [0.25, 0.3) is 0 Å². The molecule has 0 fully saturated rings. The summed E-state index contributed by atoms with van der Waals surface area (Å²) < 4.78 is 7.50. The van der Waals surface area contributed by atoms with Crippen molar-refractivity contribution in [2.24, 2.45) is 0 Å². The fraction of sp³-hybridized carbons (Fsp3) is 0.200. The number of aliphatic hydroxyl groups excluding tert-OH is 1. The first-order valence-electron chi connectivity index (χ1n) is 4.12. The summed E-state index contributed by atoms with van der Waals surface area (Å²) in [5.41, 5.74) is 0.966. The van der Waals surface area contributed by atoms with Gasteiger partial charge in [0.1, 0.15) is 0 Å². The Morgan fingerprint density at radius 1 is 1.50 bits per heavy atom. The molecule has 0 amide bonds. The lowest BCUT2D eigenvalue weighted by molar-refractivity contribution is 0.283. The minimum atomic E-state index is 0.0804. The monoisotopic (exact) mass is 320 g/mol. The second-order valence-corrected chi connectivity index (χ2v) is 5.05. The van der Waals surface area contributed by atoms with Gasteiger partial charge in [0.05, 0.1) is 13.7 Å². The number of fused-ring (bicyclic) bond motifs is 1. The van der Waals surface area contributed by atoms with E-state index < -0.39 is 0 Å². The van der Waals surface area contributed by atoms with Crippen LogP contribution in [0.15, 0.2) is 18.2 Å². The molecule has 0 aliphatic rings. The van der Waals surface area contributed by atoms with Gasteiger partial charge in [0, 0.05) is 19.7 Å². The van der Waals surface area contributed by atoms with Crippen molar-refractivity contribution in [3.63, 3.8) is 0 Å². The zero-order chi connectivity index (χ0) is 10.1. The zero-order valence-electron chi connectivity index (χ0n) is 7.58. The topological polar surface area (TPSA) is 29.5 Å². The van der Waals surface area contributed by atoms with Crippen LogP contribution in [0.3, 0.4) is 0 Å². The van der Waals surface area contributed by atoms with Crippen molar-refractivity contribution < 1.29 is 9.84 Å². The van der Waals surface area contributed by atoms with Gasteiger partial charge in [0.15, 0.2) is 5.06 Å².